The van der Waals surface area contributed by atoms with E-state index in [0.29, 0.717) is 18.4 Å². The van der Waals surface area contributed by atoms with Crippen LogP contribution in [0.2, 0.25) is 0 Å². The maximum Gasteiger partial charge on any atom is 0.263 e. The van der Waals surface area contributed by atoms with Crippen molar-refractivity contribution in [3.8, 4) is 0 Å². The fraction of sp³-hybridized carbons (Fsp3) is 1.00. The highest BCUT2D eigenvalue weighted by Gasteiger charge is 2.45. The van der Waals surface area contributed by atoms with Gasteiger partial charge in [-0.25, -0.2) is 8.78 Å². The van der Waals surface area contributed by atoms with E-state index >= 15 is 0 Å². The highest BCUT2D eigenvalue weighted by molar-refractivity contribution is 4.89. The Morgan fingerprint density at radius 1 is 1.00 bits per heavy atom. The number of likely N-dealkylation sites (tertiary alicyclic amines) is 2. The molecule has 2 saturated heterocycles. The number of piperidine rings is 2. The Morgan fingerprint density at radius 3 is 2.10 bits per heavy atom. The summed E-state index contributed by atoms with van der Waals surface area (Å²) in [5.41, 5.74) is 0. The molecule has 0 aromatic carbocycles. The monoisotopic (exact) mass is 302 g/mol. The molecule has 0 aromatic rings. The summed E-state index contributed by atoms with van der Waals surface area (Å²) >= 11 is 0. The molecule has 0 unspecified atom stereocenters. The predicted molar refractivity (Wildman–Crippen MR) is 83.8 cm³/mol. The number of nitrogens with zero attached hydrogens (tertiary/aromatic N) is 2. The normalized spacial score (nSPS) is 29.4. The first kappa shape index (κ1) is 17.1. The largest absolute Gasteiger partial charge is 0.301 e. The van der Waals surface area contributed by atoms with E-state index in [1.807, 2.05) is 18.7 Å². The molecule has 2 aliphatic rings. The third-order valence-electron chi connectivity index (χ3n) is 5.43. The third-order valence-corrected chi connectivity index (χ3v) is 5.43. The molecule has 0 amide bonds. The molecule has 4 heteroatoms. The van der Waals surface area contributed by atoms with Gasteiger partial charge in [0, 0.05) is 18.5 Å². The van der Waals surface area contributed by atoms with Crippen LogP contribution in [0, 0.1) is 17.8 Å². The van der Waals surface area contributed by atoms with Crippen LogP contribution >= 0.6 is 0 Å². The molecule has 0 spiro atoms. The Balaban J connectivity index is 1.80. The van der Waals surface area contributed by atoms with E-state index in [9.17, 15) is 8.78 Å². The van der Waals surface area contributed by atoms with Crippen molar-refractivity contribution in [1.82, 2.24) is 9.80 Å². The average Bonchev–Trinajstić information content (AvgIpc) is 2.37. The summed E-state index contributed by atoms with van der Waals surface area (Å²) < 4.78 is 28.5. The Morgan fingerprint density at radius 2 is 1.62 bits per heavy atom. The summed E-state index contributed by atoms with van der Waals surface area (Å²) in [7, 11) is 0. The topological polar surface area (TPSA) is 6.48 Å². The van der Waals surface area contributed by atoms with Crippen LogP contribution in [-0.2, 0) is 0 Å². The van der Waals surface area contributed by atoms with Gasteiger partial charge in [0.15, 0.2) is 0 Å². The van der Waals surface area contributed by atoms with Crippen LogP contribution in [0.3, 0.4) is 0 Å². The van der Waals surface area contributed by atoms with Gasteiger partial charge in [-0.2, -0.15) is 0 Å². The summed E-state index contributed by atoms with van der Waals surface area (Å²) in [5.74, 6) is -2.26. The quantitative estimate of drug-likeness (QED) is 0.781. The molecular weight excluding hydrogens is 270 g/mol. The van der Waals surface area contributed by atoms with Crippen LogP contribution in [0.4, 0.5) is 8.78 Å². The predicted octanol–water partition coefficient (Wildman–Crippen LogP) is 3.72. The summed E-state index contributed by atoms with van der Waals surface area (Å²) in [4.78, 5) is 4.52. The Kier molecular flexibility index (Phi) is 5.64. The van der Waals surface area contributed by atoms with Crippen molar-refractivity contribution in [2.45, 2.75) is 58.9 Å². The number of hydrogen-bond donors (Lipinski definition) is 0. The molecule has 0 aliphatic carbocycles. The molecule has 1 atom stereocenters. The second-order valence-electron chi connectivity index (χ2n) is 7.71. The summed E-state index contributed by atoms with van der Waals surface area (Å²) in [6, 6.07) is 0.608. The first-order chi connectivity index (χ1) is 9.79. The van der Waals surface area contributed by atoms with Gasteiger partial charge < -0.3 is 4.90 Å². The van der Waals surface area contributed by atoms with Gasteiger partial charge >= 0.3 is 0 Å². The van der Waals surface area contributed by atoms with Crippen molar-refractivity contribution in [2.75, 3.05) is 32.7 Å². The van der Waals surface area contributed by atoms with Gasteiger partial charge in [0.05, 0.1) is 6.54 Å². The van der Waals surface area contributed by atoms with E-state index < -0.39 is 11.8 Å². The minimum absolute atomic E-state index is 0.0275. The minimum Gasteiger partial charge on any atom is -0.301 e. The van der Waals surface area contributed by atoms with E-state index in [1.54, 1.807) is 0 Å². The van der Waals surface area contributed by atoms with Gasteiger partial charge in [-0.15, -0.1) is 0 Å². The highest BCUT2D eigenvalue weighted by atomic mass is 19.3. The molecule has 2 fully saturated rings. The number of alkyl halides is 2. The van der Waals surface area contributed by atoms with E-state index in [4.69, 9.17) is 0 Å². The van der Waals surface area contributed by atoms with E-state index in [2.05, 4.69) is 18.7 Å². The zero-order chi connectivity index (χ0) is 15.6. The zero-order valence-electron chi connectivity index (χ0n) is 14.1. The molecule has 0 aromatic heterocycles. The van der Waals surface area contributed by atoms with Crippen molar-refractivity contribution in [3.63, 3.8) is 0 Å². The molecule has 21 heavy (non-hydrogen) atoms. The van der Waals surface area contributed by atoms with Crippen molar-refractivity contribution in [1.29, 1.82) is 0 Å². The van der Waals surface area contributed by atoms with Crippen LogP contribution in [0.25, 0.3) is 0 Å². The lowest BCUT2D eigenvalue weighted by atomic mass is 9.83. The Hall–Kier alpha value is -0.220. The first-order valence-corrected chi connectivity index (χ1v) is 8.64. The van der Waals surface area contributed by atoms with Crippen LogP contribution in [0.1, 0.15) is 47.0 Å². The SMILES string of the molecule is CC(C)[C@@H]1CCN(CC2CCN(C(C)C)CC2)CC1(F)F. The van der Waals surface area contributed by atoms with Crippen molar-refractivity contribution >= 4 is 0 Å². The van der Waals surface area contributed by atoms with Crippen LogP contribution in [-0.4, -0.2) is 54.5 Å². The van der Waals surface area contributed by atoms with Crippen molar-refractivity contribution in [3.05, 3.63) is 0 Å². The van der Waals surface area contributed by atoms with Crippen LogP contribution in [0.15, 0.2) is 0 Å². The second kappa shape index (κ2) is 6.91. The van der Waals surface area contributed by atoms with E-state index in [0.717, 1.165) is 39.0 Å². The van der Waals surface area contributed by atoms with Gasteiger partial charge in [-0.1, -0.05) is 13.8 Å². The molecule has 0 N–H and O–H groups in total. The zero-order valence-corrected chi connectivity index (χ0v) is 14.1. The number of hydrogen-bond acceptors (Lipinski definition) is 2. The molecule has 0 radical (unpaired) electrons. The number of halogens is 2. The van der Waals surface area contributed by atoms with Gasteiger partial charge in [0.2, 0.25) is 0 Å². The van der Waals surface area contributed by atoms with E-state index in [1.165, 1.54) is 0 Å². The fourth-order valence-corrected chi connectivity index (χ4v) is 4.02. The fourth-order valence-electron chi connectivity index (χ4n) is 4.02. The van der Waals surface area contributed by atoms with Crippen LogP contribution in [0.5, 0.6) is 0 Å². The summed E-state index contributed by atoms with van der Waals surface area (Å²) in [6.45, 7) is 12.3. The van der Waals surface area contributed by atoms with Crippen molar-refractivity contribution in [2.24, 2.45) is 17.8 Å². The van der Waals surface area contributed by atoms with Gasteiger partial charge in [0.1, 0.15) is 0 Å². The minimum atomic E-state index is -2.51. The second-order valence-corrected chi connectivity index (χ2v) is 7.71. The molecule has 2 aliphatic heterocycles. The molecule has 0 bridgehead atoms. The molecule has 2 heterocycles. The lowest BCUT2D eigenvalue weighted by molar-refractivity contribution is -0.127. The highest BCUT2D eigenvalue weighted by Crippen LogP contribution is 2.38. The summed E-state index contributed by atoms with van der Waals surface area (Å²) in [5, 5.41) is 0. The van der Waals surface area contributed by atoms with Gasteiger partial charge in [-0.3, -0.25) is 4.90 Å². The average molecular weight is 302 g/mol. The molecular formula is C17H32F2N2. The Labute approximate surface area is 128 Å². The van der Waals surface area contributed by atoms with Crippen molar-refractivity contribution < 1.29 is 8.78 Å². The van der Waals surface area contributed by atoms with Gasteiger partial charge in [-0.05, 0) is 64.6 Å². The maximum absolute atomic E-state index is 14.2. The first-order valence-electron chi connectivity index (χ1n) is 8.64. The molecule has 0 saturated carbocycles. The smallest absolute Gasteiger partial charge is 0.263 e. The molecule has 124 valence electrons. The standard InChI is InChI=1S/C17H32F2N2/c1-13(2)16-7-8-20(12-17(16,18)19)11-15-5-9-21(10-6-15)14(3)4/h13-16H,5-12H2,1-4H3/t16-/m0/s1. The Bertz CT molecular complexity index is 323. The lowest BCUT2D eigenvalue weighted by Gasteiger charge is -2.42. The molecule has 2 rings (SSSR count). The lowest BCUT2D eigenvalue weighted by Crippen LogP contribution is -2.52. The number of rotatable bonds is 4. The third kappa shape index (κ3) is 4.38. The summed E-state index contributed by atoms with van der Waals surface area (Å²) in [6.07, 6.45) is 2.97. The van der Waals surface area contributed by atoms with Crippen LogP contribution < -0.4 is 0 Å². The van der Waals surface area contributed by atoms with Gasteiger partial charge in [0.25, 0.3) is 5.92 Å². The van der Waals surface area contributed by atoms with E-state index in [-0.39, 0.29) is 12.5 Å². The molecule has 2 nitrogen and oxygen atoms in total. The maximum atomic E-state index is 14.2.